The maximum atomic E-state index is 4.79. The first-order chi connectivity index (χ1) is 12.2. The van der Waals surface area contributed by atoms with Crippen LogP contribution in [0.4, 0.5) is 0 Å². The van der Waals surface area contributed by atoms with Gasteiger partial charge < -0.3 is 10.2 Å². The summed E-state index contributed by atoms with van der Waals surface area (Å²) in [4.78, 5) is 7.07. The number of hydrogen-bond donors (Lipinski definition) is 1. The van der Waals surface area contributed by atoms with E-state index in [1.54, 1.807) is 0 Å². The summed E-state index contributed by atoms with van der Waals surface area (Å²) in [5.41, 5.74) is 0.863. The fourth-order valence-electron chi connectivity index (χ4n) is 3.60. The van der Waals surface area contributed by atoms with Gasteiger partial charge in [-0.25, -0.2) is 4.99 Å². The molecule has 3 rings (SSSR count). The van der Waals surface area contributed by atoms with Crippen LogP contribution in [0.1, 0.15) is 45.4 Å². The highest BCUT2D eigenvalue weighted by Crippen LogP contribution is 2.28. The average Bonchev–Trinajstić information content (AvgIpc) is 3.04. The van der Waals surface area contributed by atoms with Crippen molar-refractivity contribution in [2.75, 3.05) is 20.1 Å². The number of pyridine rings is 1. The van der Waals surface area contributed by atoms with E-state index >= 15 is 0 Å². The van der Waals surface area contributed by atoms with Crippen LogP contribution in [0, 0.1) is 11.8 Å². The Morgan fingerprint density at radius 3 is 2.77 bits per heavy atom. The highest BCUT2D eigenvalue weighted by molar-refractivity contribution is 14.0. The Bertz CT molecular complexity index is 705. The normalized spacial score (nSPS) is 20.7. The molecule has 1 aliphatic carbocycles. The fourth-order valence-corrected chi connectivity index (χ4v) is 3.60. The Hall–Kier alpha value is -1.38. The zero-order valence-electron chi connectivity index (χ0n) is 16.1. The summed E-state index contributed by atoms with van der Waals surface area (Å²) in [6.45, 7) is 6.94. The van der Waals surface area contributed by atoms with Crippen LogP contribution in [0.3, 0.4) is 0 Å². The molecule has 2 aromatic heterocycles. The molecule has 0 aromatic carbocycles. The SMILES string of the molecule is CCNC(=NCc1nnc2ccccn12)N(C)CC1CCC(C)CC1.I. The van der Waals surface area contributed by atoms with Crippen LogP contribution in [0.5, 0.6) is 0 Å². The largest absolute Gasteiger partial charge is 0.357 e. The molecule has 26 heavy (non-hydrogen) atoms. The predicted molar refractivity (Wildman–Crippen MR) is 117 cm³/mol. The van der Waals surface area contributed by atoms with Crippen molar-refractivity contribution in [3.8, 4) is 0 Å². The lowest BCUT2D eigenvalue weighted by Gasteiger charge is -2.31. The summed E-state index contributed by atoms with van der Waals surface area (Å²) in [6.07, 6.45) is 7.37. The Labute approximate surface area is 173 Å². The summed E-state index contributed by atoms with van der Waals surface area (Å²) in [5.74, 6) is 3.49. The molecule has 0 amide bonds. The smallest absolute Gasteiger partial charge is 0.194 e. The molecule has 0 bridgehead atoms. The summed E-state index contributed by atoms with van der Waals surface area (Å²) >= 11 is 0. The van der Waals surface area contributed by atoms with Gasteiger partial charge >= 0.3 is 0 Å². The number of guanidine groups is 1. The second-order valence-electron chi connectivity index (χ2n) is 7.22. The number of rotatable bonds is 5. The van der Waals surface area contributed by atoms with Crippen molar-refractivity contribution in [1.82, 2.24) is 24.8 Å². The molecule has 0 spiro atoms. The van der Waals surface area contributed by atoms with Crippen molar-refractivity contribution < 1.29 is 0 Å². The number of halogens is 1. The molecule has 6 nitrogen and oxygen atoms in total. The lowest BCUT2D eigenvalue weighted by molar-refractivity contribution is 0.250. The first-order valence-corrected chi connectivity index (χ1v) is 9.45. The summed E-state index contributed by atoms with van der Waals surface area (Å²) < 4.78 is 2.00. The highest BCUT2D eigenvalue weighted by atomic mass is 127. The molecular weight excluding hydrogens is 439 g/mol. The van der Waals surface area contributed by atoms with Crippen LogP contribution in [0.25, 0.3) is 5.65 Å². The second-order valence-corrected chi connectivity index (χ2v) is 7.22. The minimum atomic E-state index is 0. The van der Waals surface area contributed by atoms with Gasteiger partial charge in [-0.3, -0.25) is 4.40 Å². The molecule has 0 saturated heterocycles. The third-order valence-corrected chi connectivity index (χ3v) is 5.12. The van der Waals surface area contributed by atoms with Gasteiger partial charge in [-0.05, 0) is 43.7 Å². The molecule has 1 aliphatic rings. The molecule has 2 aromatic rings. The van der Waals surface area contributed by atoms with E-state index in [1.807, 2.05) is 28.8 Å². The van der Waals surface area contributed by atoms with Crippen LogP contribution in [0.2, 0.25) is 0 Å². The van der Waals surface area contributed by atoms with Gasteiger partial charge in [-0.2, -0.15) is 0 Å². The van der Waals surface area contributed by atoms with Crippen molar-refractivity contribution in [3.63, 3.8) is 0 Å². The van der Waals surface area contributed by atoms with Gasteiger partial charge in [0.25, 0.3) is 0 Å². The van der Waals surface area contributed by atoms with Crippen LogP contribution >= 0.6 is 24.0 Å². The standard InChI is InChI=1S/C19H30N6.HI/c1-4-20-19(24(3)14-16-10-8-15(2)9-11-16)21-13-18-23-22-17-7-5-6-12-25(17)18;/h5-7,12,15-16H,4,8-11,13-14H2,1-3H3,(H,20,21);1H. The van der Waals surface area contributed by atoms with Gasteiger partial charge in [0.1, 0.15) is 6.54 Å². The lowest BCUT2D eigenvalue weighted by Crippen LogP contribution is -2.41. The Morgan fingerprint density at radius 1 is 1.27 bits per heavy atom. The monoisotopic (exact) mass is 470 g/mol. The third-order valence-electron chi connectivity index (χ3n) is 5.12. The molecule has 144 valence electrons. The van der Waals surface area contributed by atoms with E-state index in [2.05, 4.69) is 41.3 Å². The third kappa shape index (κ3) is 5.31. The fraction of sp³-hybridized carbons (Fsp3) is 0.632. The maximum Gasteiger partial charge on any atom is 0.194 e. The summed E-state index contributed by atoms with van der Waals surface area (Å²) in [7, 11) is 2.14. The predicted octanol–water partition coefficient (Wildman–Crippen LogP) is 3.57. The van der Waals surface area contributed by atoms with Gasteiger partial charge in [-0.1, -0.05) is 25.8 Å². The molecule has 1 N–H and O–H groups in total. The van der Waals surface area contributed by atoms with Gasteiger partial charge in [0, 0.05) is 26.3 Å². The van der Waals surface area contributed by atoms with Crippen LogP contribution in [0.15, 0.2) is 29.4 Å². The van der Waals surface area contributed by atoms with E-state index in [0.29, 0.717) is 6.54 Å². The van der Waals surface area contributed by atoms with Crippen molar-refractivity contribution >= 4 is 35.6 Å². The van der Waals surface area contributed by atoms with Crippen LogP contribution in [-0.2, 0) is 6.54 Å². The summed E-state index contributed by atoms with van der Waals surface area (Å²) in [5, 5.41) is 11.9. The first-order valence-electron chi connectivity index (χ1n) is 9.45. The van der Waals surface area contributed by atoms with E-state index in [4.69, 9.17) is 4.99 Å². The van der Waals surface area contributed by atoms with Crippen LogP contribution < -0.4 is 5.32 Å². The maximum absolute atomic E-state index is 4.79. The zero-order valence-corrected chi connectivity index (χ0v) is 18.4. The highest BCUT2D eigenvalue weighted by Gasteiger charge is 2.20. The quantitative estimate of drug-likeness (QED) is 0.413. The number of aromatic nitrogens is 3. The molecule has 7 heteroatoms. The Morgan fingerprint density at radius 2 is 2.04 bits per heavy atom. The molecular formula is C19H31IN6. The van der Waals surface area contributed by atoms with Crippen LogP contribution in [-0.4, -0.2) is 45.6 Å². The topological polar surface area (TPSA) is 57.8 Å². The molecule has 0 unspecified atom stereocenters. The van der Waals surface area contributed by atoms with E-state index in [9.17, 15) is 0 Å². The zero-order chi connectivity index (χ0) is 17.6. The summed E-state index contributed by atoms with van der Waals surface area (Å²) in [6, 6.07) is 5.92. The van der Waals surface area contributed by atoms with Crippen molar-refractivity contribution in [1.29, 1.82) is 0 Å². The van der Waals surface area contributed by atoms with Gasteiger partial charge in [-0.15, -0.1) is 34.2 Å². The lowest BCUT2D eigenvalue weighted by atomic mass is 9.83. The van der Waals surface area contributed by atoms with Gasteiger partial charge in [0.2, 0.25) is 0 Å². The Kier molecular flexibility index (Phi) is 8.12. The number of nitrogens with zero attached hydrogens (tertiary/aromatic N) is 5. The van der Waals surface area contributed by atoms with Gasteiger partial charge in [0.15, 0.2) is 17.4 Å². The minimum Gasteiger partial charge on any atom is -0.357 e. The number of fused-ring (bicyclic) bond motifs is 1. The number of nitrogens with one attached hydrogen (secondary N) is 1. The molecule has 1 fully saturated rings. The van der Waals surface area contributed by atoms with E-state index < -0.39 is 0 Å². The molecule has 0 radical (unpaired) electrons. The minimum absolute atomic E-state index is 0. The van der Waals surface area contributed by atoms with Crippen molar-refractivity contribution in [2.24, 2.45) is 16.8 Å². The molecule has 0 atom stereocenters. The average molecular weight is 470 g/mol. The van der Waals surface area contributed by atoms with Crippen molar-refractivity contribution in [2.45, 2.75) is 46.1 Å². The van der Waals surface area contributed by atoms with Crippen molar-refractivity contribution in [3.05, 3.63) is 30.2 Å². The molecule has 2 heterocycles. The van der Waals surface area contributed by atoms with E-state index in [-0.39, 0.29) is 24.0 Å². The number of hydrogen-bond acceptors (Lipinski definition) is 3. The Balaban J connectivity index is 0.00000243. The molecule has 1 saturated carbocycles. The van der Waals surface area contributed by atoms with Gasteiger partial charge in [0.05, 0.1) is 0 Å². The first kappa shape index (κ1) is 20.9. The van der Waals surface area contributed by atoms with E-state index in [1.165, 1.54) is 25.7 Å². The van der Waals surface area contributed by atoms with E-state index in [0.717, 1.165) is 42.4 Å². The number of aliphatic imine (C=N–C) groups is 1. The molecule has 0 aliphatic heterocycles. The second kappa shape index (κ2) is 10.1.